The lowest BCUT2D eigenvalue weighted by molar-refractivity contribution is -0.139. The Balaban J connectivity index is 0.00000364. The molecule has 1 fully saturated rings. The second kappa shape index (κ2) is 11.3. The molecule has 0 bridgehead atoms. The van der Waals surface area contributed by atoms with E-state index in [1.807, 2.05) is 6.92 Å². The highest BCUT2D eigenvalue weighted by molar-refractivity contribution is 7.96. The number of halogens is 1. The average molecular weight is 413 g/mol. The predicted molar refractivity (Wildman–Crippen MR) is 112 cm³/mol. The Labute approximate surface area is 173 Å². The standard InChI is InChI=1S/C19H28N4O2S.ClH/c1-3-25-18(24)17-15(11-22-19(21)26)23-12(2)14(10-20)16(17)13-8-6-4-5-7-9-13;/h13,16,23H,3-9,11H2,1-2H3,(H3,21,22,26);1H. The van der Waals surface area contributed by atoms with Crippen molar-refractivity contribution in [1.29, 1.82) is 10.7 Å². The molecular formula is C19H29ClN4O2S. The molecule has 27 heavy (non-hydrogen) atoms. The van der Waals surface area contributed by atoms with Crippen molar-refractivity contribution in [2.24, 2.45) is 11.8 Å². The minimum atomic E-state index is -0.378. The molecule has 3 N–H and O–H groups in total. The molecule has 1 atom stereocenters. The molecule has 0 aromatic heterocycles. The van der Waals surface area contributed by atoms with E-state index in [0.717, 1.165) is 31.4 Å². The van der Waals surface area contributed by atoms with Gasteiger partial charge in [0.05, 0.1) is 30.4 Å². The number of amidine groups is 1. The van der Waals surface area contributed by atoms with Crippen molar-refractivity contribution in [3.63, 3.8) is 0 Å². The summed E-state index contributed by atoms with van der Waals surface area (Å²) >= 11 is 3.96. The highest BCUT2D eigenvalue weighted by atomic mass is 35.5. The Morgan fingerprint density at radius 3 is 2.52 bits per heavy atom. The molecule has 0 aromatic rings. The zero-order chi connectivity index (χ0) is 19.1. The number of nitriles is 1. The topological polar surface area (TPSA) is 98.0 Å². The van der Waals surface area contributed by atoms with E-state index in [2.05, 4.69) is 29.3 Å². The molecule has 1 aliphatic heterocycles. The molecule has 0 radical (unpaired) electrons. The number of thiol groups is 1. The number of carbonyl (C=O) groups excluding carboxylic acids is 1. The van der Waals surface area contributed by atoms with Gasteiger partial charge >= 0.3 is 5.97 Å². The molecule has 0 saturated heterocycles. The van der Waals surface area contributed by atoms with Gasteiger partial charge in [0.15, 0.2) is 5.17 Å². The fourth-order valence-electron chi connectivity index (χ4n) is 3.97. The molecule has 2 rings (SSSR count). The molecule has 0 aromatic carbocycles. The Kier molecular flexibility index (Phi) is 9.75. The fraction of sp³-hybridized carbons (Fsp3) is 0.632. The van der Waals surface area contributed by atoms with Crippen LogP contribution in [0.2, 0.25) is 0 Å². The van der Waals surface area contributed by atoms with E-state index in [4.69, 9.17) is 10.1 Å². The van der Waals surface area contributed by atoms with E-state index < -0.39 is 0 Å². The van der Waals surface area contributed by atoms with Gasteiger partial charge in [-0.15, -0.1) is 25.0 Å². The summed E-state index contributed by atoms with van der Waals surface area (Å²) in [6, 6.07) is 2.33. The Bertz CT molecular complexity index is 661. The van der Waals surface area contributed by atoms with Gasteiger partial charge in [0.1, 0.15) is 0 Å². The molecular weight excluding hydrogens is 384 g/mol. The van der Waals surface area contributed by atoms with E-state index in [1.54, 1.807) is 6.92 Å². The zero-order valence-corrected chi connectivity index (χ0v) is 17.6. The second-order valence-electron chi connectivity index (χ2n) is 6.82. The fourth-order valence-corrected chi connectivity index (χ4v) is 4.04. The van der Waals surface area contributed by atoms with Crippen LogP contribution in [0.1, 0.15) is 52.4 Å². The van der Waals surface area contributed by atoms with Crippen molar-refractivity contribution in [1.82, 2.24) is 10.6 Å². The number of esters is 1. The van der Waals surface area contributed by atoms with Crippen LogP contribution in [-0.2, 0) is 9.53 Å². The quantitative estimate of drug-likeness (QED) is 0.181. The molecule has 1 unspecified atom stereocenters. The van der Waals surface area contributed by atoms with Gasteiger partial charge in [0.2, 0.25) is 0 Å². The number of nitrogens with zero attached hydrogens (tertiary/aromatic N) is 1. The van der Waals surface area contributed by atoms with Crippen molar-refractivity contribution in [3.8, 4) is 6.07 Å². The lowest BCUT2D eigenvalue weighted by Gasteiger charge is -2.34. The van der Waals surface area contributed by atoms with E-state index >= 15 is 0 Å². The van der Waals surface area contributed by atoms with Crippen LogP contribution in [0.3, 0.4) is 0 Å². The summed E-state index contributed by atoms with van der Waals surface area (Å²) in [5.41, 5.74) is 2.61. The van der Waals surface area contributed by atoms with Crippen LogP contribution < -0.4 is 10.6 Å². The molecule has 1 heterocycles. The predicted octanol–water partition coefficient (Wildman–Crippen LogP) is 3.67. The van der Waals surface area contributed by atoms with Crippen LogP contribution in [0.5, 0.6) is 0 Å². The van der Waals surface area contributed by atoms with Gasteiger partial charge in [-0.05, 0) is 32.6 Å². The van der Waals surface area contributed by atoms with Crippen LogP contribution in [0.25, 0.3) is 0 Å². The Morgan fingerprint density at radius 2 is 2.00 bits per heavy atom. The summed E-state index contributed by atoms with van der Waals surface area (Å²) in [5, 5.41) is 23.3. The van der Waals surface area contributed by atoms with Crippen LogP contribution in [-0.4, -0.2) is 24.3 Å². The number of carbonyl (C=O) groups is 1. The maximum Gasteiger partial charge on any atom is 0.336 e. The molecule has 6 nitrogen and oxygen atoms in total. The van der Waals surface area contributed by atoms with Gasteiger partial charge < -0.3 is 15.4 Å². The Morgan fingerprint density at radius 1 is 1.37 bits per heavy atom. The first-order valence-corrected chi connectivity index (χ1v) is 9.73. The molecule has 8 heteroatoms. The first-order chi connectivity index (χ1) is 12.5. The third kappa shape index (κ3) is 5.91. The van der Waals surface area contributed by atoms with E-state index in [0.29, 0.717) is 16.8 Å². The van der Waals surface area contributed by atoms with E-state index in [1.165, 1.54) is 12.8 Å². The smallest absolute Gasteiger partial charge is 0.336 e. The monoisotopic (exact) mass is 412 g/mol. The first-order valence-electron chi connectivity index (χ1n) is 9.29. The number of dihydropyridines is 1. The molecule has 0 amide bonds. The zero-order valence-electron chi connectivity index (χ0n) is 15.9. The summed E-state index contributed by atoms with van der Waals surface area (Å²) < 4.78 is 5.33. The first kappa shape index (κ1) is 23.4. The number of nitrogens with one attached hydrogen (secondary N) is 3. The third-order valence-corrected chi connectivity index (χ3v) is 5.27. The maximum absolute atomic E-state index is 12.8. The van der Waals surface area contributed by atoms with Crippen molar-refractivity contribution < 1.29 is 9.53 Å². The van der Waals surface area contributed by atoms with Gasteiger partial charge in [-0.3, -0.25) is 5.41 Å². The minimum absolute atomic E-state index is 0. The summed E-state index contributed by atoms with van der Waals surface area (Å²) in [7, 11) is 0. The lowest BCUT2D eigenvalue weighted by Crippen LogP contribution is -2.38. The minimum Gasteiger partial charge on any atom is -0.463 e. The maximum atomic E-state index is 12.8. The van der Waals surface area contributed by atoms with Crippen LogP contribution in [0.4, 0.5) is 0 Å². The van der Waals surface area contributed by atoms with Gasteiger partial charge in [-0.25, -0.2) is 4.79 Å². The van der Waals surface area contributed by atoms with Gasteiger partial charge in [-0.1, -0.05) is 25.7 Å². The molecule has 2 aliphatic rings. The summed E-state index contributed by atoms with van der Waals surface area (Å²) in [6.07, 6.45) is 6.67. The Hall–Kier alpha value is -1.65. The molecule has 0 spiro atoms. The van der Waals surface area contributed by atoms with Crippen molar-refractivity contribution in [3.05, 3.63) is 22.5 Å². The molecule has 1 saturated carbocycles. The largest absolute Gasteiger partial charge is 0.463 e. The van der Waals surface area contributed by atoms with Crippen LogP contribution >= 0.6 is 25.0 Å². The normalized spacial score (nSPS) is 20.7. The van der Waals surface area contributed by atoms with Crippen LogP contribution in [0.15, 0.2) is 22.5 Å². The SMILES string of the molecule is CCOC(=O)C1=C(CNC(=N)S)NC(C)=C(C#N)C1C1CCCCCC1.Cl. The summed E-state index contributed by atoms with van der Waals surface area (Å²) in [5.74, 6) is -0.365. The number of allylic oxidation sites excluding steroid dienone is 2. The number of hydrogen-bond acceptors (Lipinski definition) is 5. The second-order valence-corrected chi connectivity index (χ2v) is 7.27. The van der Waals surface area contributed by atoms with E-state index in [9.17, 15) is 10.1 Å². The van der Waals surface area contributed by atoms with Gasteiger partial charge in [-0.2, -0.15) is 5.26 Å². The van der Waals surface area contributed by atoms with Crippen LogP contribution in [0, 0.1) is 28.6 Å². The average Bonchev–Trinajstić information content (AvgIpc) is 2.88. The lowest BCUT2D eigenvalue weighted by atomic mass is 9.74. The number of hydrogen-bond donors (Lipinski definition) is 4. The molecule has 1 aliphatic carbocycles. The van der Waals surface area contributed by atoms with Crippen molar-refractivity contribution in [2.45, 2.75) is 52.4 Å². The highest BCUT2D eigenvalue weighted by Gasteiger charge is 2.39. The van der Waals surface area contributed by atoms with Crippen molar-refractivity contribution in [2.75, 3.05) is 13.2 Å². The van der Waals surface area contributed by atoms with E-state index in [-0.39, 0.29) is 48.5 Å². The summed E-state index contributed by atoms with van der Waals surface area (Å²) in [6.45, 7) is 4.21. The summed E-state index contributed by atoms with van der Waals surface area (Å²) in [4.78, 5) is 12.8. The van der Waals surface area contributed by atoms with Gasteiger partial charge in [0, 0.05) is 17.3 Å². The molecule has 150 valence electrons. The highest BCUT2D eigenvalue weighted by Crippen LogP contribution is 2.41. The number of rotatable bonds is 5. The third-order valence-electron chi connectivity index (χ3n) is 5.11. The van der Waals surface area contributed by atoms with Gasteiger partial charge in [0.25, 0.3) is 0 Å². The van der Waals surface area contributed by atoms with Crippen molar-refractivity contribution >= 4 is 36.2 Å². The number of ether oxygens (including phenoxy) is 1.